The molecular weight excluding hydrogens is 454 g/mol. The molecule has 176 valence electrons. The number of carbonyl (C=O) groups excluding carboxylic acids is 2. The van der Waals surface area contributed by atoms with Crippen LogP contribution < -0.4 is 20.2 Å². The highest BCUT2D eigenvalue weighted by Crippen LogP contribution is 2.29. The van der Waals surface area contributed by atoms with E-state index in [1.54, 1.807) is 42.5 Å². The molecule has 0 saturated heterocycles. The Hall–Kier alpha value is -3.84. The predicted molar refractivity (Wildman–Crippen MR) is 134 cm³/mol. The van der Waals surface area contributed by atoms with Crippen LogP contribution in [0.1, 0.15) is 30.5 Å². The number of benzene rings is 3. The van der Waals surface area contributed by atoms with Gasteiger partial charge in [0.15, 0.2) is 11.5 Å². The van der Waals surface area contributed by atoms with Crippen LogP contribution in [0.4, 0.5) is 5.69 Å². The molecule has 2 N–H and O–H groups in total. The van der Waals surface area contributed by atoms with Crippen molar-refractivity contribution in [1.82, 2.24) is 5.43 Å². The van der Waals surface area contributed by atoms with E-state index in [1.807, 2.05) is 38.1 Å². The summed E-state index contributed by atoms with van der Waals surface area (Å²) in [5.41, 5.74) is 5.54. The van der Waals surface area contributed by atoms with Crippen molar-refractivity contribution in [2.45, 2.75) is 26.9 Å². The molecule has 0 fully saturated rings. The molecule has 0 aromatic heterocycles. The van der Waals surface area contributed by atoms with Gasteiger partial charge in [-0.25, -0.2) is 5.43 Å². The molecule has 0 aliphatic rings. The Morgan fingerprint density at radius 3 is 2.26 bits per heavy atom. The molecule has 34 heavy (non-hydrogen) atoms. The standard InChI is InChI=1S/C26H26ClN3O4/c1-3-18-7-12-22(13-8-18)29-25(31)26(32)30-28-16-20-9-14-23(24(15-20)33-4-2)34-17-19-5-10-21(27)11-6-19/h5-16H,3-4,17H2,1-2H3,(H,29,31)(H,30,32)/b28-16+. The second-order valence-corrected chi connectivity index (χ2v) is 7.69. The molecule has 0 saturated carbocycles. The molecule has 3 aromatic rings. The molecular formula is C26H26ClN3O4. The number of halogens is 1. The maximum Gasteiger partial charge on any atom is 0.329 e. The number of nitrogens with one attached hydrogen (secondary N) is 2. The van der Waals surface area contributed by atoms with Gasteiger partial charge in [-0.1, -0.05) is 42.8 Å². The minimum absolute atomic E-state index is 0.358. The highest BCUT2D eigenvalue weighted by Gasteiger charge is 2.13. The van der Waals surface area contributed by atoms with E-state index in [-0.39, 0.29) is 0 Å². The van der Waals surface area contributed by atoms with Gasteiger partial charge < -0.3 is 14.8 Å². The highest BCUT2D eigenvalue weighted by atomic mass is 35.5. The summed E-state index contributed by atoms with van der Waals surface area (Å²) in [7, 11) is 0. The Labute approximate surface area is 203 Å². The van der Waals surface area contributed by atoms with Gasteiger partial charge in [-0.15, -0.1) is 0 Å². The number of aryl methyl sites for hydroxylation is 1. The molecule has 3 rings (SSSR count). The molecule has 2 amide bonds. The van der Waals surface area contributed by atoms with Crippen molar-refractivity contribution in [1.29, 1.82) is 0 Å². The first-order valence-corrected chi connectivity index (χ1v) is 11.2. The number of hydrogen-bond acceptors (Lipinski definition) is 5. The van der Waals surface area contributed by atoms with Gasteiger partial charge in [0.25, 0.3) is 0 Å². The van der Waals surface area contributed by atoms with Crippen molar-refractivity contribution >= 4 is 35.3 Å². The normalized spacial score (nSPS) is 10.7. The minimum Gasteiger partial charge on any atom is -0.490 e. The quantitative estimate of drug-likeness (QED) is 0.257. The van der Waals surface area contributed by atoms with Crippen molar-refractivity contribution in [3.05, 3.63) is 88.4 Å². The highest BCUT2D eigenvalue weighted by molar-refractivity contribution is 6.39. The van der Waals surface area contributed by atoms with Crippen molar-refractivity contribution in [2.75, 3.05) is 11.9 Å². The van der Waals surface area contributed by atoms with E-state index in [9.17, 15) is 9.59 Å². The minimum atomic E-state index is -0.872. The smallest absolute Gasteiger partial charge is 0.329 e. The molecule has 0 bridgehead atoms. The average molecular weight is 480 g/mol. The van der Waals surface area contributed by atoms with Gasteiger partial charge in [0, 0.05) is 10.7 Å². The van der Waals surface area contributed by atoms with Crippen LogP contribution in [0, 0.1) is 0 Å². The van der Waals surface area contributed by atoms with Gasteiger partial charge in [-0.05, 0) is 72.5 Å². The maximum absolute atomic E-state index is 12.1. The van der Waals surface area contributed by atoms with Crippen LogP contribution >= 0.6 is 11.6 Å². The SMILES string of the molecule is CCOc1cc(/C=N/NC(=O)C(=O)Nc2ccc(CC)cc2)ccc1OCc1ccc(Cl)cc1. The molecule has 0 spiro atoms. The lowest BCUT2D eigenvalue weighted by atomic mass is 10.1. The van der Waals surface area contributed by atoms with Crippen molar-refractivity contribution in [3.63, 3.8) is 0 Å². The first kappa shape index (κ1) is 24.8. The largest absolute Gasteiger partial charge is 0.490 e. The summed E-state index contributed by atoms with van der Waals surface area (Å²) in [4.78, 5) is 24.1. The number of carbonyl (C=O) groups is 2. The first-order valence-electron chi connectivity index (χ1n) is 10.9. The molecule has 0 atom stereocenters. The van der Waals surface area contributed by atoms with Crippen LogP contribution in [0.25, 0.3) is 0 Å². The van der Waals surface area contributed by atoms with Crippen molar-refractivity contribution in [2.24, 2.45) is 5.10 Å². The summed E-state index contributed by atoms with van der Waals surface area (Å²) in [5, 5.41) is 7.07. The van der Waals surface area contributed by atoms with Crippen LogP contribution in [0.3, 0.4) is 0 Å². The topological polar surface area (TPSA) is 89.0 Å². The molecule has 0 heterocycles. The number of rotatable bonds is 9. The van der Waals surface area contributed by atoms with Gasteiger partial charge >= 0.3 is 11.8 Å². The Balaban J connectivity index is 1.57. The summed E-state index contributed by atoms with van der Waals surface area (Å²) in [6.07, 6.45) is 2.32. The molecule has 0 radical (unpaired) electrons. The number of anilines is 1. The van der Waals surface area contributed by atoms with Crippen LogP contribution in [0.5, 0.6) is 11.5 Å². The fourth-order valence-electron chi connectivity index (χ4n) is 2.96. The van der Waals surface area contributed by atoms with E-state index in [2.05, 4.69) is 15.8 Å². The van der Waals surface area contributed by atoms with E-state index < -0.39 is 11.8 Å². The fraction of sp³-hybridized carbons (Fsp3) is 0.192. The number of nitrogens with zero attached hydrogens (tertiary/aromatic N) is 1. The van der Waals surface area contributed by atoms with E-state index in [1.165, 1.54) is 6.21 Å². The van der Waals surface area contributed by atoms with Crippen LogP contribution in [-0.2, 0) is 22.6 Å². The number of ether oxygens (including phenoxy) is 2. The second-order valence-electron chi connectivity index (χ2n) is 7.26. The first-order chi connectivity index (χ1) is 16.5. The lowest BCUT2D eigenvalue weighted by Crippen LogP contribution is -2.32. The van der Waals surface area contributed by atoms with Gasteiger partial charge in [-0.3, -0.25) is 9.59 Å². The van der Waals surface area contributed by atoms with Crippen LogP contribution in [0.15, 0.2) is 71.8 Å². The maximum atomic E-state index is 12.1. The van der Waals surface area contributed by atoms with Crippen molar-refractivity contribution < 1.29 is 19.1 Å². The van der Waals surface area contributed by atoms with Gasteiger partial charge in [0.05, 0.1) is 12.8 Å². The molecule has 0 unspecified atom stereocenters. The third-order valence-corrected chi connectivity index (χ3v) is 5.03. The molecule has 7 nitrogen and oxygen atoms in total. The third-order valence-electron chi connectivity index (χ3n) is 4.78. The van der Waals surface area contributed by atoms with E-state index >= 15 is 0 Å². The van der Waals surface area contributed by atoms with E-state index in [4.69, 9.17) is 21.1 Å². The van der Waals surface area contributed by atoms with E-state index in [0.717, 1.165) is 17.5 Å². The zero-order valence-corrected chi connectivity index (χ0v) is 19.8. The van der Waals surface area contributed by atoms with Crippen molar-refractivity contribution in [3.8, 4) is 11.5 Å². The van der Waals surface area contributed by atoms with Crippen LogP contribution in [-0.4, -0.2) is 24.6 Å². The molecule has 3 aromatic carbocycles. The zero-order valence-electron chi connectivity index (χ0n) is 19.0. The summed E-state index contributed by atoms with van der Waals surface area (Å²) in [6, 6.07) is 20.0. The van der Waals surface area contributed by atoms with Gasteiger partial charge in [0.2, 0.25) is 0 Å². The molecule has 8 heteroatoms. The lowest BCUT2D eigenvalue weighted by molar-refractivity contribution is -0.136. The van der Waals surface area contributed by atoms with E-state index in [0.29, 0.717) is 41.0 Å². The summed E-state index contributed by atoms with van der Waals surface area (Å²) < 4.78 is 11.6. The van der Waals surface area contributed by atoms with Gasteiger partial charge in [0.1, 0.15) is 6.61 Å². The summed E-state index contributed by atoms with van der Waals surface area (Å²) in [6.45, 7) is 4.72. The Kier molecular flexibility index (Phi) is 9.05. The Bertz CT molecular complexity index is 1150. The Morgan fingerprint density at radius 1 is 0.882 bits per heavy atom. The Morgan fingerprint density at radius 2 is 1.59 bits per heavy atom. The number of amides is 2. The average Bonchev–Trinajstić information content (AvgIpc) is 2.85. The summed E-state index contributed by atoms with van der Waals surface area (Å²) >= 11 is 5.92. The van der Waals surface area contributed by atoms with Gasteiger partial charge in [-0.2, -0.15) is 5.10 Å². The molecule has 0 aliphatic carbocycles. The summed E-state index contributed by atoms with van der Waals surface area (Å²) in [5.74, 6) is -0.558. The fourth-order valence-corrected chi connectivity index (χ4v) is 3.09. The zero-order chi connectivity index (χ0) is 24.3. The number of hydrazone groups is 1. The lowest BCUT2D eigenvalue weighted by Gasteiger charge is -2.12. The third kappa shape index (κ3) is 7.35. The molecule has 0 aliphatic heterocycles. The predicted octanol–water partition coefficient (Wildman–Crippen LogP) is 4.97. The second kappa shape index (κ2) is 12.4. The monoisotopic (exact) mass is 479 g/mol. The van der Waals surface area contributed by atoms with Crippen LogP contribution in [0.2, 0.25) is 5.02 Å². The number of hydrogen-bond donors (Lipinski definition) is 2.